The largest absolute Gasteiger partial charge is 0.379 e. The molecule has 82 valence electrons. The SMILES string of the molecule is Fc1cccc(NCc2ccc(Br)cn2)c1. The maximum atomic E-state index is 12.9. The van der Waals surface area contributed by atoms with Crippen molar-refractivity contribution in [3.05, 3.63) is 58.6 Å². The van der Waals surface area contributed by atoms with Crippen molar-refractivity contribution in [1.29, 1.82) is 0 Å². The van der Waals surface area contributed by atoms with Gasteiger partial charge in [-0.1, -0.05) is 6.07 Å². The molecule has 2 nitrogen and oxygen atoms in total. The lowest BCUT2D eigenvalue weighted by Gasteiger charge is -2.05. The van der Waals surface area contributed by atoms with Crippen LogP contribution in [0.15, 0.2) is 47.1 Å². The molecule has 0 bridgehead atoms. The van der Waals surface area contributed by atoms with Crippen LogP contribution >= 0.6 is 15.9 Å². The molecule has 0 saturated carbocycles. The average Bonchev–Trinajstić information content (AvgIpc) is 2.28. The molecule has 16 heavy (non-hydrogen) atoms. The Balaban J connectivity index is 1.99. The van der Waals surface area contributed by atoms with Crippen molar-refractivity contribution in [2.45, 2.75) is 6.54 Å². The van der Waals surface area contributed by atoms with Crippen molar-refractivity contribution in [2.24, 2.45) is 0 Å². The topological polar surface area (TPSA) is 24.9 Å². The van der Waals surface area contributed by atoms with Gasteiger partial charge in [-0.2, -0.15) is 0 Å². The van der Waals surface area contributed by atoms with E-state index in [-0.39, 0.29) is 5.82 Å². The zero-order valence-electron chi connectivity index (χ0n) is 8.45. The number of anilines is 1. The fourth-order valence-corrected chi connectivity index (χ4v) is 1.54. The molecule has 0 unspecified atom stereocenters. The molecular formula is C12H10BrFN2. The van der Waals surface area contributed by atoms with Gasteiger partial charge in [0, 0.05) is 16.4 Å². The molecule has 1 aromatic heterocycles. The Morgan fingerprint density at radius 3 is 2.81 bits per heavy atom. The van der Waals surface area contributed by atoms with E-state index in [1.165, 1.54) is 12.1 Å². The Kier molecular flexibility index (Phi) is 3.51. The maximum Gasteiger partial charge on any atom is 0.125 e. The van der Waals surface area contributed by atoms with Gasteiger partial charge in [0.05, 0.1) is 12.2 Å². The van der Waals surface area contributed by atoms with Crippen molar-refractivity contribution in [2.75, 3.05) is 5.32 Å². The molecule has 0 spiro atoms. The quantitative estimate of drug-likeness (QED) is 0.929. The monoisotopic (exact) mass is 280 g/mol. The van der Waals surface area contributed by atoms with Gasteiger partial charge in [0.25, 0.3) is 0 Å². The van der Waals surface area contributed by atoms with Crippen molar-refractivity contribution < 1.29 is 4.39 Å². The second kappa shape index (κ2) is 5.07. The number of aromatic nitrogens is 1. The fourth-order valence-electron chi connectivity index (χ4n) is 1.30. The van der Waals surface area contributed by atoms with E-state index >= 15 is 0 Å². The molecule has 1 aromatic carbocycles. The average molecular weight is 281 g/mol. The van der Waals surface area contributed by atoms with Gasteiger partial charge in [0.1, 0.15) is 5.82 Å². The minimum atomic E-state index is -0.242. The van der Waals surface area contributed by atoms with Crippen LogP contribution in [0.2, 0.25) is 0 Å². The fraction of sp³-hybridized carbons (Fsp3) is 0.0833. The number of nitrogens with zero attached hydrogens (tertiary/aromatic N) is 1. The molecule has 0 atom stereocenters. The highest BCUT2D eigenvalue weighted by Crippen LogP contribution is 2.11. The van der Waals surface area contributed by atoms with Crippen LogP contribution in [0.4, 0.5) is 10.1 Å². The van der Waals surface area contributed by atoms with E-state index in [9.17, 15) is 4.39 Å². The van der Waals surface area contributed by atoms with Crippen molar-refractivity contribution >= 4 is 21.6 Å². The molecule has 0 aliphatic heterocycles. The lowest BCUT2D eigenvalue weighted by molar-refractivity contribution is 0.628. The van der Waals surface area contributed by atoms with Crippen molar-refractivity contribution in [3.63, 3.8) is 0 Å². The molecular weight excluding hydrogens is 271 g/mol. The Labute approximate surface area is 102 Å². The predicted molar refractivity (Wildman–Crippen MR) is 65.7 cm³/mol. The second-order valence-corrected chi connectivity index (χ2v) is 4.25. The number of rotatable bonds is 3. The summed E-state index contributed by atoms with van der Waals surface area (Å²) in [4.78, 5) is 4.21. The summed E-state index contributed by atoms with van der Waals surface area (Å²) in [5, 5.41) is 3.10. The smallest absolute Gasteiger partial charge is 0.125 e. The van der Waals surface area contributed by atoms with E-state index in [1.807, 2.05) is 18.2 Å². The number of hydrogen-bond donors (Lipinski definition) is 1. The first kappa shape index (κ1) is 11.1. The third-order valence-electron chi connectivity index (χ3n) is 2.09. The first-order valence-corrected chi connectivity index (χ1v) is 5.63. The molecule has 0 aliphatic rings. The van der Waals surface area contributed by atoms with Gasteiger partial charge in [-0.15, -0.1) is 0 Å². The molecule has 0 amide bonds. The molecule has 0 fully saturated rings. The molecule has 2 aromatic rings. The van der Waals surface area contributed by atoms with Gasteiger partial charge in [0.2, 0.25) is 0 Å². The van der Waals surface area contributed by atoms with E-state index < -0.39 is 0 Å². The first-order valence-electron chi connectivity index (χ1n) is 4.84. The second-order valence-electron chi connectivity index (χ2n) is 3.33. The zero-order valence-corrected chi connectivity index (χ0v) is 10.0. The standard InChI is InChI=1S/C12H10BrFN2/c13-9-4-5-12(15-7-9)8-16-11-3-1-2-10(14)6-11/h1-7,16H,8H2. The van der Waals surface area contributed by atoms with Crippen LogP contribution in [0.5, 0.6) is 0 Å². The maximum absolute atomic E-state index is 12.9. The Morgan fingerprint density at radius 2 is 2.12 bits per heavy atom. The number of hydrogen-bond acceptors (Lipinski definition) is 2. The highest BCUT2D eigenvalue weighted by atomic mass is 79.9. The first-order chi connectivity index (χ1) is 7.74. The number of halogens is 2. The van der Waals surface area contributed by atoms with Gasteiger partial charge < -0.3 is 5.32 Å². The number of benzene rings is 1. The molecule has 0 saturated heterocycles. The summed E-state index contributed by atoms with van der Waals surface area (Å²) in [5.41, 5.74) is 1.66. The lowest BCUT2D eigenvalue weighted by Crippen LogP contribution is -2.01. The van der Waals surface area contributed by atoms with Crippen LogP contribution in [0.3, 0.4) is 0 Å². The summed E-state index contributed by atoms with van der Waals surface area (Å²) in [6.07, 6.45) is 1.74. The summed E-state index contributed by atoms with van der Waals surface area (Å²) < 4.78 is 13.8. The highest BCUT2D eigenvalue weighted by Gasteiger charge is 1.96. The van der Waals surface area contributed by atoms with E-state index in [4.69, 9.17) is 0 Å². The van der Waals surface area contributed by atoms with Gasteiger partial charge in [-0.25, -0.2) is 4.39 Å². The third-order valence-corrected chi connectivity index (χ3v) is 2.56. The van der Waals surface area contributed by atoms with E-state index in [1.54, 1.807) is 12.3 Å². The molecule has 4 heteroatoms. The molecule has 0 radical (unpaired) electrons. The van der Waals surface area contributed by atoms with Crippen LogP contribution in [-0.4, -0.2) is 4.98 Å². The van der Waals surface area contributed by atoms with Crippen LogP contribution in [-0.2, 0) is 6.54 Å². The summed E-state index contributed by atoms with van der Waals surface area (Å²) in [6.45, 7) is 0.580. The highest BCUT2D eigenvalue weighted by molar-refractivity contribution is 9.10. The van der Waals surface area contributed by atoms with Gasteiger partial charge in [-0.3, -0.25) is 4.98 Å². The Morgan fingerprint density at radius 1 is 1.25 bits per heavy atom. The summed E-state index contributed by atoms with van der Waals surface area (Å²) in [6, 6.07) is 10.2. The van der Waals surface area contributed by atoms with Gasteiger partial charge in [-0.05, 0) is 46.3 Å². The molecule has 0 aliphatic carbocycles. The van der Waals surface area contributed by atoms with Crippen LogP contribution in [0.25, 0.3) is 0 Å². The molecule has 2 rings (SSSR count). The summed E-state index contributed by atoms with van der Waals surface area (Å²) >= 11 is 3.32. The number of nitrogens with one attached hydrogen (secondary N) is 1. The van der Waals surface area contributed by atoms with E-state index in [0.717, 1.165) is 15.9 Å². The van der Waals surface area contributed by atoms with Crippen LogP contribution < -0.4 is 5.32 Å². The Bertz CT molecular complexity index is 471. The molecule has 1 heterocycles. The van der Waals surface area contributed by atoms with Gasteiger partial charge in [0.15, 0.2) is 0 Å². The Hall–Kier alpha value is -1.42. The molecule has 1 N–H and O–H groups in total. The normalized spacial score (nSPS) is 10.1. The predicted octanol–water partition coefficient (Wildman–Crippen LogP) is 3.60. The number of pyridine rings is 1. The van der Waals surface area contributed by atoms with E-state index in [0.29, 0.717) is 6.54 Å². The minimum Gasteiger partial charge on any atom is -0.379 e. The summed E-state index contributed by atoms with van der Waals surface area (Å²) in [7, 11) is 0. The third kappa shape index (κ3) is 3.03. The van der Waals surface area contributed by atoms with Crippen molar-refractivity contribution in [3.8, 4) is 0 Å². The van der Waals surface area contributed by atoms with Crippen LogP contribution in [0.1, 0.15) is 5.69 Å². The van der Waals surface area contributed by atoms with Gasteiger partial charge >= 0.3 is 0 Å². The minimum absolute atomic E-state index is 0.242. The lowest BCUT2D eigenvalue weighted by atomic mass is 10.3. The van der Waals surface area contributed by atoms with Crippen molar-refractivity contribution in [1.82, 2.24) is 4.98 Å². The van der Waals surface area contributed by atoms with E-state index in [2.05, 4.69) is 26.2 Å². The summed E-state index contributed by atoms with van der Waals surface area (Å²) in [5.74, 6) is -0.242. The zero-order chi connectivity index (χ0) is 11.4. The van der Waals surface area contributed by atoms with Crippen LogP contribution in [0, 0.1) is 5.82 Å².